The van der Waals surface area contributed by atoms with Crippen molar-refractivity contribution in [2.24, 2.45) is 5.92 Å². The Balaban J connectivity index is 1.19. The highest BCUT2D eigenvalue weighted by Crippen LogP contribution is 2.27. The van der Waals surface area contributed by atoms with E-state index in [0.29, 0.717) is 6.61 Å². The molecule has 1 saturated heterocycles. The second-order valence-corrected chi connectivity index (χ2v) is 9.27. The molecule has 8 heteroatoms. The molecule has 1 aliphatic rings. The molecule has 0 aliphatic carbocycles. The number of hydrogen-bond acceptors (Lipinski definition) is 6. The fourth-order valence-electron chi connectivity index (χ4n) is 4.68. The molecule has 36 heavy (non-hydrogen) atoms. The molecule has 4 aromatic rings. The highest BCUT2D eigenvalue weighted by Gasteiger charge is 2.27. The fourth-order valence-corrected chi connectivity index (χ4v) is 4.68. The zero-order chi connectivity index (χ0) is 25.1. The van der Waals surface area contributed by atoms with Crippen molar-refractivity contribution in [3.05, 3.63) is 72.2 Å². The summed E-state index contributed by atoms with van der Waals surface area (Å²) < 4.78 is 7.45. The van der Waals surface area contributed by atoms with Crippen molar-refractivity contribution in [2.45, 2.75) is 39.7 Å². The Labute approximate surface area is 211 Å². The number of amides is 1. The van der Waals surface area contributed by atoms with E-state index >= 15 is 0 Å². The zero-order valence-electron chi connectivity index (χ0n) is 21.0. The third-order valence-corrected chi connectivity index (χ3v) is 6.79. The third-order valence-electron chi connectivity index (χ3n) is 6.79. The van der Waals surface area contributed by atoms with E-state index in [1.54, 1.807) is 0 Å². The van der Waals surface area contributed by atoms with E-state index in [0.717, 1.165) is 65.5 Å². The Kier molecular flexibility index (Phi) is 6.84. The molecule has 8 nitrogen and oxygen atoms in total. The number of anilines is 1. The summed E-state index contributed by atoms with van der Waals surface area (Å²) in [5.41, 5.74) is 3.82. The minimum absolute atomic E-state index is 0.0248. The lowest BCUT2D eigenvalue weighted by molar-refractivity contribution is -0.126. The molecule has 1 amide bonds. The highest BCUT2D eigenvalue weighted by atomic mass is 16.5. The number of hydrogen-bond donors (Lipinski definition) is 1. The van der Waals surface area contributed by atoms with Gasteiger partial charge < -0.3 is 15.0 Å². The molecule has 2 aromatic carbocycles. The van der Waals surface area contributed by atoms with E-state index < -0.39 is 0 Å². The first-order valence-corrected chi connectivity index (χ1v) is 12.6. The van der Waals surface area contributed by atoms with Crippen LogP contribution >= 0.6 is 0 Å². The smallest absolute Gasteiger partial charge is 0.226 e. The number of nitrogens with zero attached hydrogens (tertiary/aromatic N) is 5. The van der Waals surface area contributed by atoms with Crippen LogP contribution in [0.2, 0.25) is 0 Å². The van der Waals surface area contributed by atoms with Crippen molar-refractivity contribution in [3.63, 3.8) is 0 Å². The van der Waals surface area contributed by atoms with Crippen molar-refractivity contribution in [3.8, 4) is 11.4 Å². The van der Waals surface area contributed by atoms with Gasteiger partial charge in [-0.3, -0.25) is 4.79 Å². The molecular weight excluding hydrogens is 452 g/mol. The third kappa shape index (κ3) is 5.03. The SMILES string of the molecule is CCOc1ccc2nc(N3CCC(C(=O)NC(C)c4cnn(-c5ccccc5)c4)CC3)nc(C)c2c1. The molecule has 0 radical (unpaired) electrons. The summed E-state index contributed by atoms with van der Waals surface area (Å²) in [6.45, 7) is 8.11. The zero-order valence-corrected chi connectivity index (χ0v) is 21.0. The first kappa shape index (κ1) is 23.8. The Morgan fingerprint density at radius 1 is 1.14 bits per heavy atom. The Morgan fingerprint density at radius 3 is 2.67 bits per heavy atom. The number of nitrogens with one attached hydrogen (secondary N) is 1. The Hall–Kier alpha value is -3.94. The van der Waals surface area contributed by atoms with E-state index in [4.69, 9.17) is 14.7 Å². The van der Waals surface area contributed by atoms with Gasteiger partial charge >= 0.3 is 0 Å². The van der Waals surface area contributed by atoms with Gasteiger partial charge in [-0.1, -0.05) is 18.2 Å². The Morgan fingerprint density at radius 2 is 1.92 bits per heavy atom. The number of aromatic nitrogens is 4. The molecule has 0 bridgehead atoms. The molecule has 2 aromatic heterocycles. The average Bonchev–Trinajstić information content (AvgIpc) is 3.40. The van der Waals surface area contributed by atoms with Crippen LogP contribution in [0.15, 0.2) is 60.9 Å². The van der Waals surface area contributed by atoms with Crippen molar-refractivity contribution >= 4 is 22.8 Å². The molecule has 0 spiro atoms. The monoisotopic (exact) mass is 484 g/mol. The van der Waals surface area contributed by atoms with Crippen molar-refractivity contribution in [1.82, 2.24) is 25.1 Å². The van der Waals surface area contributed by atoms with Gasteiger partial charge in [0.15, 0.2) is 0 Å². The first-order chi connectivity index (χ1) is 17.5. The molecule has 1 aliphatic heterocycles. The van der Waals surface area contributed by atoms with Crippen LogP contribution in [-0.4, -0.2) is 45.4 Å². The lowest BCUT2D eigenvalue weighted by atomic mass is 9.95. The average molecular weight is 485 g/mol. The van der Waals surface area contributed by atoms with Crippen LogP contribution in [0, 0.1) is 12.8 Å². The van der Waals surface area contributed by atoms with Gasteiger partial charge in [-0.05, 0) is 63.9 Å². The number of fused-ring (bicyclic) bond motifs is 1. The number of aryl methyl sites for hydroxylation is 1. The molecule has 1 unspecified atom stereocenters. The molecule has 5 rings (SSSR count). The Bertz CT molecular complexity index is 1340. The number of rotatable bonds is 7. The standard InChI is InChI=1S/C28H32N6O2/c1-4-36-24-10-11-26-25(16-24)20(3)31-28(32-26)33-14-12-21(13-15-33)27(35)30-19(2)22-17-29-34(18-22)23-8-6-5-7-9-23/h5-11,16-19,21H,4,12-15H2,1-3H3,(H,30,35). The van der Waals surface area contributed by atoms with E-state index in [-0.39, 0.29) is 17.9 Å². The van der Waals surface area contributed by atoms with Crippen LogP contribution in [0.4, 0.5) is 5.95 Å². The second kappa shape index (κ2) is 10.4. The minimum Gasteiger partial charge on any atom is -0.494 e. The molecular formula is C28H32N6O2. The topological polar surface area (TPSA) is 85.2 Å². The number of ether oxygens (including phenoxy) is 1. The molecule has 1 atom stereocenters. The number of carbonyl (C=O) groups is 1. The molecule has 186 valence electrons. The number of para-hydroxylation sites is 1. The van der Waals surface area contributed by atoms with E-state index in [1.807, 2.05) is 86.4 Å². The lowest BCUT2D eigenvalue weighted by Crippen LogP contribution is -2.41. The van der Waals surface area contributed by atoms with Gasteiger partial charge in [0.05, 0.1) is 35.7 Å². The van der Waals surface area contributed by atoms with Crippen LogP contribution in [0.1, 0.15) is 44.0 Å². The summed E-state index contributed by atoms with van der Waals surface area (Å²) in [7, 11) is 0. The number of benzene rings is 2. The summed E-state index contributed by atoms with van der Waals surface area (Å²) in [6.07, 6.45) is 5.33. The summed E-state index contributed by atoms with van der Waals surface area (Å²) >= 11 is 0. The van der Waals surface area contributed by atoms with E-state index in [2.05, 4.69) is 15.3 Å². The van der Waals surface area contributed by atoms with Gasteiger partial charge in [0.25, 0.3) is 0 Å². The van der Waals surface area contributed by atoms with Crippen LogP contribution in [0.3, 0.4) is 0 Å². The van der Waals surface area contributed by atoms with Gasteiger partial charge in [0.1, 0.15) is 5.75 Å². The lowest BCUT2D eigenvalue weighted by Gasteiger charge is -2.32. The van der Waals surface area contributed by atoms with E-state index in [1.165, 1.54) is 0 Å². The highest BCUT2D eigenvalue weighted by molar-refractivity contribution is 5.83. The summed E-state index contributed by atoms with van der Waals surface area (Å²) in [5.74, 6) is 1.62. The van der Waals surface area contributed by atoms with Gasteiger partial charge in [-0.25, -0.2) is 14.6 Å². The minimum atomic E-state index is -0.110. The van der Waals surface area contributed by atoms with Gasteiger partial charge in [-0.15, -0.1) is 0 Å². The molecule has 1 fully saturated rings. The quantitative estimate of drug-likeness (QED) is 0.412. The first-order valence-electron chi connectivity index (χ1n) is 12.6. The van der Waals surface area contributed by atoms with Gasteiger partial charge in [-0.2, -0.15) is 5.10 Å². The van der Waals surface area contributed by atoms with Crippen LogP contribution in [0.25, 0.3) is 16.6 Å². The van der Waals surface area contributed by atoms with Crippen LogP contribution in [0.5, 0.6) is 5.75 Å². The van der Waals surface area contributed by atoms with Crippen molar-refractivity contribution in [2.75, 3.05) is 24.6 Å². The predicted octanol–water partition coefficient (Wildman–Crippen LogP) is 4.62. The summed E-state index contributed by atoms with van der Waals surface area (Å²) in [4.78, 5) is 24.8. The maximum absolute atomic E-state index is 13.0. The van der Waals surface area contributed by atoms with Crippen molar-refractivity contribution in [1.29, 1.82) is 0 Å². The second-order valence-electron chi connectivity index (χ2n) is 9.27. The molecule has 0 saturated carbocycles. The largest absolute Gasteiger partial charge is 0.494 e. The number of carbonyl (C=O) groups excluding carboxylic acids is 1. The number of piperidine rings is 1. The maximum Gasteiger partial charge on any atom is 0.226 e. The maximum atomic E-state index is 13.0. The van der Waals surface area contributed by atoms with Crippen molar-refractivity contribution < 1.29 is 9.53 Å². The predicted molar refractivity (Wildman–Crippen MR) is 141 cm³/mol. The summed E-state index contributed by atoms with van der Waals surface area (Å²) in [6, 6.07) is 15.8. The summed E-state index contributed by atoms with van der Waals surface area (Å²) in [5, 5.41) is 8.63. The van der Waals surface area contributed by atoms with Gasteiger partial charge in [0, 0.05) is 36.2 Å². The van der Waals surface area contributed by atoms with Crippen LogP contribution in [-0.2, 0) is 4.79 Å². The molecule has 3 heterocycles. The van der Waals surface area contributed by atoms with E-state index in [9.17, 15) is 4.79 Å². The fraction of sp³-hybridized carbons (Fsp3) is 0.357. The van der Waals surface area contributed by atoms with Crippen LogP contribution < -0.4 is 15.0 Å². The normalized spacial score (nSPS) is 15.1. The van der Waals surface area contributed by atoms with Gasteiger partial charge in [0.2, 0.25) is 11.9 Å². The molecule has 1 N–H and O–H groups in total.